The lowest BCUT2D eigenvalue weighted by atomic mass is 10.1. The van der Waals surface area contributed by atoms with Gasteiger partial charge >= 0.3 is 0 Å². The van der Waals surface area contributed by atoms with E-state index in [1.54, 1.807) is 25.6 Å². The fourth-order valence-electron chi connectivity index (χ4n) is 3.60. The van der Waals surface area contributed by atoms with Crippen molar-refractivity contribution in [2.75, 3.05) is 37.4 Å². The van der Waals surface area contributed by atoms with Crippen LogP contribution in [-0.2, 0) is 0 Å². The van der Waals surface area contributed by atoms with Crippen molar-refractivity contribution in [1.29, 1.82) is 0 Å². The minimum absolute atomic E-state index is 0.222. The number of nitrogens with one attached hydrogen (secondary N) is 2. The third-order valence-electron chi connectivity index (χ3n) is 5.48. The van der Waals surface area contributed by atoms with Crippen LogP contribution in [-0.4, -0.2) is 58.5 Å². The van der Waals surface area contributed by atoms with Crippen LogP contribution in [0.4, 0.5) is 11.5 Å². The Morgan fingerprint density at radius 1 is 1.12 bits per heavy atom. The third-order valence-corrected chi connectivity index (χ3v) is 5.48. The predicted octanol–water partition coefficient (Wildman–Crippen LogP) is 4.21. The van der Waals surface area contributed by atoms with E-state index in [-0.39, 0.29) is 17.6 Å². The number of aromatic nitrogens is 3. The molecule has 0 spiro atoms. The minimum Gasteiger partial charge on any atom is -0.494 e. The zero-order valence-corrected chi connectivity index (χ0v) is 19.3. The summed E-state index contributed by atoms with van der Waals surface area (Å²) in [5.74, 6) is 0.823. The molecule has 1 unspecified atom stereocenters. The summed E-state index contributed by atoms with van der Waals surface area (Å²) in [6.45, 7) is 9.75. The Hall–Kier alpha value is -3.26. The number of carbonyl (C=O) groups excluding carboxylic acids is 1. The fraction of sp³-hybridized carbons (Fsp3) is 0.417. The number of pyridine rings is 1. The molecule has 2 aromatic heterocycles. The lowest BCUT2D eigenvalue weighted by Gasteiger charge is -2.20. The van der Waals surface area contributed by atoms with Crippen molar-refractivity contribution in [3.05, 3.63) is 48.5 Å². The number of ether oxygens (including phenoxy) is 1. The molecule has 0 aliphatic heterocycles. The molecule has 1 amide bonds. The fourth-order valence-corrected chi connectivity index (χ4v) is 3.60. The van der Waals surface area contributed by atoms with Gasteiger partial charge in [-0.25, -0.2) is 9.97 Å². The highest BCUT2D eigenvalue weighted by Gasteiger charge is 2.15. The van der Waals surface area contributed by atoms with E-state index in [1.807, 2.05) is 18.2 Å². The van der Waals surface area contributed by atoms with E-state index in [1.165, 1.54) is 6.20 Å². The summed E-state index contributed by atoms with van der Waals surface area (Å²) in [7, 11) is 1.56. The Bertz CT molecular complexity index is 1020. The van der Waals surface area contributed by atoms with Gasteiger partial charge in [-0.15, -0.1) is 0 Å². The average molecular weight is 437 g/mol. The van der Waals surface area contributed by atoms with Crippen LogP contribution >= 0.6 is 0 Å². The monoisotopic (exact) mass is 436 g/mol. The number of hydrogen-bond acceptors (Lipinski definition) is 7. The zero-order chi connectivity index (χ0) is 22.9. The van der Waals surface area contributed by atoms with E-state index >= 15 is 0 Å². The maximum Gasteiger partial charge on any atom is 0.276 e. The van der Waals surface area contributed by atoms with Crippen molar-refractivity contribution >= 4 is 28.3 Å². The summed E-state index contributed by atoms with van der Waals surface area (Å²) < 4.78 is 5.41. The number of methoxy groups -OCH3 is 1. The highest BCUT2D eigenvalue weighted by molar-refractivity contribution is 6.08. The van der Waals surface area contributed by atoms with E-state index in [0.29, 0.717) is 22.8 Å². The smallest absolute Gasteiger partial charge is 0.276 e. The predicted molar refractivity (Wildman–Crippen MR) is 128 cm³/mol. The van der Waals surface area contributed by atoms with Gasteiger partial charge in [0.15, 0.2) is 0 Å². The number of hydrogen-bond donors (Lipinski definition) is 2. The second-order valence-electron chi connectivity index (χ2n) is 7.67. The standard InChI is InChI=1S/C24H32N6O2/c1-5-30(6-2)14-8-9-17(3)28-21-16-26-19(15-27-21)24(31)29-23-20(32-4)12-11-18-10-7-13-25-22(18)23/h7,10-13,15-17H,5-6,8-9,14H2,1-4H3,(H,27,28)(H,29,31). The summed E-state index contributed by atoms with van der Waals surface area (Å²) in [6, 6.07) is 7.76. The first-order chi connectivity index (χ1) is 15.5. The first-order valence-corrected chi connectivity index (χ1v) is 11.1. The van der Waals surface area contributed by atoms with Crippen molar-refractivity contribution in [3.63, 3.8) is 0 Å². The van der Waals surface area contributed by atoms with Gasteiger partial charge in [0, 0.05) is 17.6 Å². The lowest BCUT2D eigenvalue weighted by molar-refractivity contribution is 0.102. The topological polar surface area (TPSA) is 92.3 Å². The molecular formula is C24H32N6O2. The zero-order valence-electron chi connectivity index (χ0n) is 19.3. The molecule has 32 heavy (non-hydrogen) atoms. The van der Waals surface area contributed by atoms with Gasteiger partial charge in [0.25, 0.3) is 5.91 Å². The van der Waals surface area contributed by atoms with Crippen LogP contribution in [0.25, 0.3) is 10.9 Å². The molecule has 3 rings (SSSR count). The van der Waals surface area contributed by atoms with Gasteiger partial charge in [-0.05, 0) is 57.6 Å². The van der Waals surface area contributed by atoms with Crippen LogP contribution in [0.1, 0.15) is 44.1 Å². The molecule has 0 saturated heterocycles. The van der Waals surface area contributed by atoms with Crippen molar-refractivity contribution in [1.82, 2.24) is 19.9 Å². The molecule has 2 heterocycles. The van der Waals surface area contributed by atoms with Crippen LogP contribution in [0, 0.1) is 0 Å². The van der Waals surface area contributed by atoms with Gasteiger partial charge in [-0.1, -0.05) is 19.9 Å². The van der Waals surface area contributed by atoms with Crippen molar-refractivity contribution in [2.24, 2.45) is 0 Å². The molecule has 1 atom stereocenters. The quantitative estimate of drug-likeness (QED) is 0.465. The molecular weight excluding hydrogens is 404 g/mol. The number of anilines is 2. The van der Waals surface area contributed by atoms with E-state index in [0.717, 1.165) is 37.9 Å². The number of carbonyl (C=O) groups is 1. The molecule has 0 fully saturated rings. The Balaban J connectivity index is 1.62. The van der Waals surface area contributed by atoms with E-state index in [9.17, 15) is 4.79 Å². The molecule has 0 bridgehead atoms. The van der Waals surface area contributed by atoms with Gasteiger partial charge in [0.05, 0.1) is 25.0 Å². The van der Waals surface area contributed by atoms with Gasteiger partial charge in [0.2, 0.25) is 0 Å². The van der Waals surface area contributed by atoms with Crippen LogP contribution < -0.4 is 15.4 Å². The molecule has 2 N–H and O–H groups in total. The third kappa shape index (κ3) is 5.91. The van der Waals surface area contributed by atoms with Gasteiger partial charge in [-0.3, -0.25) is 9.78 Å². The summed E-state index contributed by atoms with van der Waals surface area (Å²) >= 11 is 0. The Morgan fingerprint density at radius 2 is 1.94 bits per heavy atom. The van der Waals surface area contributed by atoms with Crippen molar-refractivity contribution < 1.29 is 9.53 Å². The summed E-state index contributed by atoms with van der Waals surface area (Å²) in [6.07, 6.45) is 6.90. The molecule has 0 radical (unpaired) electrons. The molecule has 170 valence electrons. The number of nitrogens with zero attached hydrogens (tertiary/aromatic N) is 4. The number of fused-ring (bicyclic) bond motifs is 1. The number of amides is 1. The Morgan fingerprint density at radius 3 is 2.62 bits per heavy atom. The van der Waals surface area contributed by atoms with Crippen LogP contribution in [0.2, 0.25) is 0 Å². The maximum absolute atomic E-state index is 12.8. The lowest BCUT2D eigenvalue weighted by Crippen LogP contribution is -2.25. The second-order valence-corrected chi connectivity index (χ2v) is 7.67. The maximum atomic E-state index is 12.8. The molecule has 8 heteroatoms. The normalized spacial score (nSPS) is 12.0. The average Bonchev–Trinajstić information content (AvgIpc) is 2.82. The van der Waals surface area contributed by atoms with Crippen molar-refractivity contribution in [2.45, 2.75) is 39.7 Å². The first-order valence-electron chi connectivity index (χ1n) is 11.1. The molecule has 0 saturated carbocycles. The van der Waals surface area contributed by atoms with Crippen molar-refractivity contribution in [3.8, 4) is 5.75 Å². The Kier molecular flexibility index (Phi) is 8.33. The van der Waals surface area contributed by atoms with Crippen LogP contribution in [0.15, 0.2) is 42.9 Å². The molecule has 3 aromatic rings. The highest BCUT2D eigenvalue weighted by atomic mass is 16.5. The van der Waals surface area contributed by atoms with Gasteiger partial charge in [-0.2, -0.15) is 0 Å². The molecule has 8 nitrogen and oxygen atoms in total. The first kappa shape index (κ1) is 23.4. The molecule has 0 aliphatic carbocycles. The number of rotatable bonds is 11. The number of benzene rings is 1. The summed E-state index contributed by atoms with van der Waals surface area (Å²) in [5, 5.41) is 7.14. The van der Waals surface area contributed by atoms with E-state index in [2.05, 4.69) is 51.3 Å². The van der Waals surface area contributed by atoms with E-state index < -0.39 is 0 Å². The second kappa shape index (κ2) is 11.4. The highest BCUT2D eigenvalue weighted by Crippen LogP contribution is 2.32. The molecule has 0 aliphatic rings. The summed E-state index contributed by atoms with van der Waals surface area (Å²) in [5.41, 5.74) is 1.39. The summed E-state index contributed by atoms with van der Waals surface area (Å²) in [4.78, 5) is 28.3. The Labute approximate surface area is 189 Å². The van der Waals surface area contributed by atoms with Crippen LogP contribution in [0.3, 0.4) is 0 Å². The minimum atomic E-state index is -0.368. The van der Waals surface area contributed by atoms with Gasteiger partial charge in [0.1, 0.15) is 22.9 Å². The van der Waals surface area contributed by atoms with Gasteiger partial charge < -0.3 is 20.3 Å². The van der Waals surface area contributed by atoms with Crippen LogP contribution in [0.5, 0.6) is 5.75 Å². The SMILES string of the molecule is CCN(CC)CCCC(C)Nc1cnc(C(=O)Nc2c(OC)ccc3cccnc23)cn1. The molecule has 1 aromatic carbocycles. The van der Waals surface area contributed by atoms with E-state index in [4.69, 9.17) is 4.74 Å². The largest absolute Gasteiger partial charge is 0.494 e.